The van der Waals surface area contributed by atoms with Crippen LogP contribution in [-0.2, 0) is 14.2 Å². The Labute approximate surface area is 157 Å². The van der Waals surface area contributed by atoms with Crippen molar-refractivity contribution in [2.45, 2.75) is 51.5 Å². The van der Waals surface area contributed by atoms with Crippen LogP contribution < -0.4 is 5.32 Å². The number of nitrogens with one attached hydrogen (secondary N) is 1. The molecule has 0 aromatic heterocycles. The van der Waals surface area contributed by atoms with E-state index in [1.54, 1.807) is 0 Å². The molecule has 1 amide bonds. The fraction of sp³-hybridized carbons (Fsp3) is 0.526. The normalized spacial score (nSPS) is 19.6. The van der Waals surface area contributed by atoms with Crippen LogP contribution in [0.3, 0.4) is 0 Å². The van der Waals surface area contributed by atoms with Crippen molar-refractivity contribution in [3.05, 3.63) is 40.4 Å². The topological polar surface area (TPSA) is 56.8 Å². The van der Waals surface area contributed by atoms with Crippen molar-refractivity contribution in [1.29, 1.82) is 0 Å². The number of benzene rings is 1. The summed E-state index contributed by atoms with van der Waals surface area (Å²) >= 11 is 3.42. The summed E-state index contributed by atoms with van der Waals surface area (Å²) in [6, 6.07) is 7.89. The molecule has 0 saturated carbocycles. The molecule has 6 heteroatoms. The van der Waals surface area contributed by atoms with Crippen molar-refractivity contribution >= 4 is 28.1 Å². The van der Waals surface area contributed by atoms with Gasteiger partial charge in [0, 0.05) is 4.47 Å². The molecule has 0 spiro atoms. The molecule has 25 heavy (non-hydrogen) atoms. The van der Waals surface area contributed by atoms with Crippen molar-refractivity contribution in [3.63, 3.8) is 0 Å². The summed E-state index contributed by atoms with van der Waals surface area (Å²) in [5, 5.41) is 2.90. The largest absolute Gasteiger partial charge is 0.444 e. The lowest BCUT2D eigenvalue weighted by Crippen LogP contribution is -2.60. The molecule has 0 atom stereocenters. The second kappa shape index (κ2) is 7.48. The molecule has 0 bridgehead atoms. The quantitative estimate of drug-likeness (QED) is 0.794. The van der Waals surface area contributed by atoms with E-state index in [1.807, 2.05) is 71.0 Å². The average molecular weight is 412 g/mol. The molecule has 1 aromatic carbocycles. The molecule has 0 aliphatic carbocycles. The summed E-state index contributed by atoms with van der Waals surface area (Å²) < 4.78 is 17.9. The molecule has 1 N–H and O–H groups in total. The van der Waals surface area contributed by atoms with Gasteiger partial charge >= 0.3 is 6.09 Å². The van der Waals surface area contributed by atoms with Gasteiger partial charge in [0.15, 0.2) is 5.79 Å². The van der Waals surface area contributed by atoms with Gasteiger partial charge in [0.2, 0.25) is 0 Å². The number of hydrogen-bond donors (Lipinski definition) is 1. The first-order valence-electron chi connectivity index (χ1n) is 8.23. The van der Waals surface area contributed by atoms with Crippen LogP contribution in [0.1, 0.15) is 40.2 Å². The number of halogens is 1. The van der Waals surface area contributed by atoms with E-state index in [9.17, 15) is 4.79 Å². The minimum atomic E-state index is -0.787. The van der Waals surface area contributed by atoms with E-state index in [1.165, 1.54) is 0 Å². The molecule has 1 aromatic rings. The maximum atomic E-state index is 12.3. The lowest BCUT2D eigenvalue weighted by atomic mass is 9.98. The van der Waals surface area contributed by atoms with Crippen LogP contribution in [0.5, 0.6) is 0 Å². The number of rotatable bonds is 3. The highest BCUT2D eigenvalue weighted by atomic mass is 79.9. The Kier molecular flexibility index (Phi) is 5.97. The summed E-state index contributed by atoms with van der Waals surface area (Å²) in [6.45, 7) is 9.78. The summed E-state index contributed by atoms with van der Waals surface area (Å²) in [5.41, 5.74) is -0.347. The molecule has 1 aliphatic heterocycles. The minimum absolute atomic E-state index is 0.298. The molecule has 1 fully saturated rings. The van der Waals surface area contributed by atoms with E-state index >= 15 is 0 Å². The number of hydrogen-bond acceptors (Lipinski definition) is 4. The lowest BCUT2D eigenvalue weighted by Gasteiger charge is -2.42. The van der Waals surface area contributed by atoms with Crippen molar-refractivity contribution in [2.75, 3.05) is 13.2 Å². The monoisotopic (exact) mass is 411 g/mol. The van der Waals surface area contributed by atoms with Crippen LogP contribution in [-0.4, -0.2) is 36.2 Å². The number of ether oxygens (including phenoxy) is 3. The second-order valence-corrected chi connectivity index (χ2v) is 8.56. The van der Waals surface area contributed by atoms with E-state index in [4.69, 9.17) is 14.2 Å². The molecule has 1 heterocycles. The van der Waals surface area contributed by atoms with Crippen LogP contribution in [0.2, 0.25) is 0 Å². The number of carbonyl (C=O) groups is 1. The van der Waals surface area contributed by atoms with Gasteiger partial charge in [0.05, 0.1) is 13.2 Å². The Balaban J connectivity index is 2.17. The van der Waals surface area contributed by atoms with Crippen LogP contribution in [0.4, 0.5) is 4.79 Å². The third-order valence-corrected chi connectivity index (χ3v) is 4.10. The first-order chi connectivity index (χ1) is 11.5. The Bertz CT molecular complexity index is 622. The predicted molar refractivity (Wildman–Crippen MR) is 101 cm³/mol. The molecule has 2 rings (SSSR count). The zero-order chi connectivity index (χ0) is 18.7. The fourth-order valence-corrected chi connectivity index (χ4v) is 2.50. The maximum Gasteiger partial charge on any atom is 0.408 e. The SMILES string of the molecule is CC(C)(C)OC(=O)NC1(/C=C/c2ccc(Br)cc2)COC(C)(C)OC1. The molecular formula is C19H26BrNO4. The van der Waals surface area contributed by atoms with E-state index in [0.29, 0.717) is 13.2 Å². The summed E-state index contributed by atoms with van der Waals surface area (Å²) in [6.07, 6.45) is 3.34. The Hall–Kier alpha value is -1.37. The highest BCUT2D eigenvalue weighted by Crippen LogP contribution is 2.26. The molecule has 138 valence electrons. The Morgan fingerprint density at radius 3 is 2.28 bits per heavy atom. The zero-order valence-electron chi connectivity index (χ0n) is 15.4. The fourth-order valence-electron chi connectivity index (χ4n) is 2.24. The van der Waals surface area contributed by atoms with Crippen molar-refractivity contribution < 1.29 is 19.0 Å². The van der Waals surface area contributed by atoms with Gasteiger partial charge in [-0.25, -0.2) is 4.79 Å². The van der Waals surface area contributed by atoms with Gasteiger partial charge < -0.3 is 19.5 Å². The van der Waals surface area contributed by atoms with E-state index < -0.39 is 23.0 Å². The number of alkyl carbamates (subject to hydrolysis) is 1. The minimum Gasteiger partial charge on any atom is -0.444 e. The van der Waals surface area contributed by atoms with Crippen LogP contribution >= 0.6 is 15.9 Å². The first-order valence-corrected chi connectivity index (χ1v) is 9.02. The van der Waals surface area contributed by atoms with Gasteiger partial charge in [0.1, 0.15) is 11.1 Å². The summed E-state index contributed by atoms with van der Waals surface area (Å²) in [5.74, 6) is -0.676. The van der Waals surface area contributed by atoms with E-state index in [0.717, 1.165) is 10.0 Å². The summed E-state index contributed by atoms with van der Waals surface area (Å²) in [7, 11) is 0. The van der Waals surface area contributed by atoms with Gasteiger partial charge in [-0.15, -0.1) is 0 Å². The Morgan fingerprint density at radius 1 is 1.20 bits per heavy atom. The van der Waals surface area contributed by atoms with Crippen molar-refractivity contribution in [2.24, 2.45) is 0 Å². The molecule has 5 nitrogen and oxygen atoms in total. The molecule has 0 radical (unpaired) electrons. The van der Waals surface area contributed by atoms with Gasteiger partial charge in [-0.3, -0.25) is 0 Å². The lowest BCUT2D eigenvalue weighted by molar-refractivity contribution is -0.263. The van der Waals surface area contributed by atoms with Crippen molar-refractivity contribution in [3.8, 4) is 0 Å². The standard InChI is InChI=1S/C19H26BrNO4/c1-17(2,3)25-16(22)21-19(12-23-18(4,5)24-13-19)11-10-14-6-8-15(20)9-7-14/h6-11H,12-13H2,1-5H3,(H,21,22)/b11-10+. The maximum absolute atomic E-state index is 12.3. The highest BCUT2D eigenvalue weighted by Gasteiger charge is 2.40. The number of carbonyl (C=O) groups excluding carboxylic acids is 1. The van der Waals surface area contributed by atoms with Gasteiger partial charge in [-0.05, 0) is 52.3 Å². The van der Waals surface area contributed by atoms with Gasteiger partial charge in [0.25, 0.3) is 0 Å². The molecule has 0 unspecified atom stereocenters. The third kappa shape index (κ3) is 6.45. The highest BCUT2D eigenvalue weighted by molar-refractivity contribution is 9.10. The molecule has 1 saturated heterocycles. The Morgan fingerprint density at radius 2 is 1.76 bits per heavy atom. The zero-order valence-corrected chi connectivity index (χ0v) is 17.0. The predicted octanol–water partition coefficient (Wildman–Crippen LogP) is 4.51. The molecule has 1 aliphatic rings. The van der Waals surface area contributed by atoms with E-state index in [2.05, 4.69) is 21.2 Å². The molecular weight excluding hydrogens is 386 g/mol. The first kappa shape index (κ1) is 19.9. The average Bonchev–Trinajstić information content (AvgIpc) is 2.48. The smallest absolute Gasteiger partial charge is 0.408 e. The van der Waals surface area contributed by atoms with Crippen molar-refractivity contribution in [1.82, 2.24) is 5.32 Å². The van der Waals surface area contributed by atoms with Crippen LogP contribution in [0.15, 0.2) is 34.8 Å². The van der Waals surface area contributed by atoms with Gasteiger partial charge in [-0.1, -0.05) is 40.2 Å². The third-order valence-electron chi connectivity index (χ3n) is 3.57. The summed E-state index contributed by atoms with van der Waals surface area (Å²) in [4.78, 5) is 12.3. The van der Waals surface area contributed by atoms with E-state index in [-0.39, 0.29) is 0 Å². The van der Waals surface area contributed by atoms with Crippen LogP contribution in [0, 0.1) is 0 Å². The van der Waals surface area contributed by atoms with Crippen LogP contribution in [0.25, 0.3) is 6.08 Å². The number of amides is 1. The van der Waals surface area contributed by atoms with Gasteiger partial charge in [-0.2, -0.15) is 0 Å². The second-order valence-electron chi connectivity index (χ2n) is 7.65.